The van der Waals surface area contributed by atoms with Gasteiger partial charge in [-0.3, -0.25) is 9.78 Å². The summed E-state index contributed by atoms with van der Waals surface area (Å²) in [6.07, 6.45) is 4.22. The highest BCUT2D eigenvalue weighted by Gasteiger charge is 2.25. The van der Waals surface area contributed by atoms with Gasteiger partial charge in [-0.15, -0.1) is 0 Å². The van der Waals surface area contributed by atoms with Crippen LogP contribution in [-0.2, 0) is 0 Å². The fourth-order valence-electron chi connectivity index (χ4n) is 2.22. The number of aryl methyl sites for hydroxylation is 1. The minimum Gasteiger partial charge on any atom is -0.385 e. The van der Waals surface area contributed by atoms with Crippen LogP contribution in [0.15, 0.2) is 12.3 Å². The van der Waals surface area contributed by atoms with Crippen LogP contribution in [0.4, 0.5) is 5.69 Å². The molecule has 1 heterocycles. The van der Waals surface area contributed by atoms with Crippen molar-refractivity contribution in [1.29, 1.82) is 0 Å². The molecule has 0 aromatic carbocycles. The Balaban J connectivity index is 1.90. The van der Waals surface area contributed by atoms with Crippen LogP contribution in [-0.4, -0.2) is 48.5 Å². The van der Waals surface area contributed by atoms with Crippen LogP contribution < -0.4 is 10.6 Å². The number of carbonyl (C=O) groups excluding carboxylic acids is 1. The van der Waals surface area contributed by atoms with E-state index in [0.717, 1.165) is 30.5 Å². The predicted molar refractivity (Wildman–Crippen MR) is 81.1 cm³/mol. The van der Waals surface area contributed by atoms with Crippen molar-refractivity contribution in [3.8, 4) is 0 Å². The molecular weight excluding hydrogens is 252 g/mol. The van der Waals surface area contributed by atoms with E-state index in [1.807, 2.05) is 19.9 Å². The molecule has 5 heteroatoms. The molecule has 1 saturated carbocycles. The van der Waals surface area contributed by atoms with Crippen LogP contribution in [0.1, 0.15) is 35.8 Å². The summed E-state index contributed by atoms with van der Waals surface area (Å²) >= 11 is 0. The van der Waals surface area contributed by atoms with Crippen molar-refractivity contribution in [1.82, 2.24) is 15.2 Å². The van der Waals surface area contributed by atoms with Crippen LogP contribution in [0.5, 0.6) is 0 Å². The van der Waals surface area contributed by atoms with Gasteiger partial charge in [-0.1, -0.05) is 0 Å². The van der Waals surface area contributed by atoms with Crippen molar-refractivity contribution in [2.75, 3.05) is 32.0 Å². The van der Waals surface area contributed by atoms with Gasteiger partial charge < -0.3 is 15.5 Å². The van der Waals surface area contributed by atoms with Crippen LogP contribution in [0.25, 0.3) is 0 Å². The maximum Gasteiger partial charge on any atom is 0.254 e. The second-order valence-corrected chi connectivity index (χ2v) is 5.37. The number of pyridine rings is 1. The zero-order chi connectivity index (χ0) is 14.5. The molecule has 0 saturated heterocycles. The maximum absolute atomic E-state index is 12.2. The SMILES string of the molecule is CCNc1cc(C)ncc1C(=O)NCCN(C)C1CC1. The molecule has 2 N–H and O–H groups in total. The first-order valence-electron chi connectivity index (χ1n) is 7.30. The number of hydrogen-bond donors (Lipinski definition) is 2. The van der Waals surface area contributed by atoms with Crippen LogP contribution in [0.3, 0.4) is 0 Å². The van der Waals surface area contributed by atoms with Gasteiger partial charge in [-0.05, 0) is 39.8 Å². The Morgan fingerprint density at radius 2 is 2.25 bits per heavy atom. The summed E-state index contributed by atoms with van der Waals surface area (Å²) in [6, 6.07) is 2.64. The highest BCUT2D eigenvalue weighted by molar-refractivity contribution is 5.99. The average Bonchev–Trinajstić information content (AvgIpc) is 3.23. The Labute approximate surface area is 120 Å². The smallest absolute Gasteiger partial charge is 0.254 e. The molecule has 1 aromatic rings. The summed E-state index contributed by atoms with van der Waals surface area (Å²) in [6.45, 7) is 6.29. The first kappa shape index (κ1) is 14.8. The number of nitrogens with one attached hydrogen (secondary N) is 2. The van der Waals surface area contributed by atoms with E-state index in [1.165, 1.54) is 12.8 Å². The second kappa shape index (κ2) is 6.70. The lowest BCUT2D eigenvalue weighted by molar-refractivity contribution is 0.0950. The van der Waals surface area contributed by atoms with Crippen molar-refractivity contribution in [2.45, 2.75) is 32.7 Å². The molecule has 20 heavy (non-hydrogen) atoms. The molecule has 1 fully saturated rings. The normalized spacial score (nSPS) is 14.4. The van der Waals surface area contributed by atoms with Gasteiger partial charge in [-0.25, -0.2) is 0 Å². The number of nitrogens with zero attached hydrogens (tertiary/aromatic N) is 2. The fraction of sp³-hybridized carbons (Fsp3) is 0.600. The van der Waals surface area contributed by atoms with Gasteiger partial charge in [0.05, 0.1) is 11.3 Å². The Hall–Kier alpha value is -1.62. The summed E-state index contributed by atoms with van der Waals surface area (Å²) in [7, 11) is 2.11. The van der Waals surface area contributed by atoms with Crippen molar-refractivity contribution in [3.63, 3.8) is 0 Å². The van der Waals surface area contributed by atoms with E-state index in [1.54, 1.807) is 6.20 Å². The van der Waals surface area contributed by atoms with Crippen molar-refractivity contribution < 1.29 is 4.79 Å². The third-order valence-electron chi connectivity index (χ3n) is 3.57. The number of anilines is 1. The van der Waals surface area contributed by atoms with E-state index in [9.17, 15) is 4.79 Å². The topological polar surface area (TPSA) is 57.3 Å². The molecule has 1 aromatic heterocycles. The Morgan fingerprint density at radius 3 is 2.90 bits per heavy atom. The number of likely N-dealkylation sites (N-methyl/N-ethyl adjacent to an activating group) is 1. The van der Waals surface area contributed by atoms with E-state index in [4.69, 9.17) is 0 Å². The molecule has 0 spiro atoms. The van der Waals surface area contributed by atoms with Gasteiger partial charge in [0.2, 0.25) is 0 Å². The van der Waals surface area contributed by atoms with E-state index < -0.39 is 0 Å². The minimum absolute atomic E-state index is 0.0577. The molecule has 110 valence electrons. The Kier molecular flexibility index (Phi) is 4.95. The molecule has 5 nitrogen and oxygen atoms in total. The largest absolute Gasteiger partial charge is 0.385 e. The zero-order valence-corrected chi connectivity index (χ0v) is 12.6. The predicted octanol–water partition coefficient (Wildman–Crippen LogP) is 1.65. The molecule has 0 aliphatic heterocycles. The third kappa shape index (κ3) is 3.93. The Morgan fingerprint density at radius 1 is 1.50 bits per heavy atom. The Bertz CT molecular complexity index is 471. The first-order chi connectivity index (χ1) is 9.61. The van der Waals surface area contributed by atoms with Crippen molar-refractivity contribution in [2.24, 2.45) is 0 Å². The van der Waals surface area contributed by atoms with Gasteiger partial charge in [-0.2, -0.15) is 0 Å². The van der Waals surface area contributed by atoms with Crippen LogP contribution in [0.2, 0.25) is 0 Å². The van der Waals surface area contributed by atoms with Crippen molar-refractivity contribution in [3.05, 3.63) is 23.5 Å². The molecule has 0 radical (unpaired) electrons. The maximum atomic E-state index is 12.2. The van der Waals surface area contributed by atoms with Gasteiger partial charge in [0.1, 0.15) is 0 Å². The monoisotopic (exact) mass is 276 g/mol. The summed E-state index contributed by atoms with van der Waals surface area (Å²) in [5, 5.41) is 6.18. The van der Waals surface area contributed by atoms with Gasteiger partial charge in [0.15, 0.2) is 0 Å². The molecule has 1 aliphatic rings. The van der Waals surface area contributed by atoms with Gasteiger partial charge in [0.25, 0.3) is 5.91 Å². The molecule has 0 atom stereocenters. The summed E-state index contributed by atoms with van der Waals surface area (Å²) in [5.41, 5.74) is 2.38. The quantitative estimate of drug-likeness (QED) is 0.795. The number of amides is 1. The lowest BCUT2D eigenvalue weighted by Crippen LogP contribution is -2.34. The van der Waals surface area contributed by atoms with Crippen LogP contribution in [0, 0.1) is 6.92 Å². The number of hydrogen-bond acceptors (Lipinski definition) is 4. The van der Waals surface area contributed by atoms with Crippen molar-refractivity contribution >= 4 is 11.6 Å². The fourth-order valence-corrected chi connectivity index (χ4v) is 2.22. The van der Waals surface area contributed by atoms with Gasteiger partial charge in [0, 0.05) is 37.6 Å². The average molecular weight is 276 g/mol. The summed E-state index contributed by atoms with van der Waals surface area (Å²) < 4.78 is 0. The highest BCUT2D eigenvalue weighted by atomic mass is 16.1. The summed E-state index contributed by atoms with van der Waals surface area (Å²) in [5.74, 6) is -0.0577. The van der Waals surface area contributed by atoms with Crippen LogP contribution >= 0.6 is 0 Å². The minimum atomic E-state index is -0.0577. The molecule has 1 amide bonds. The zero-order valence-electron chi connectivity index (χ0n) is 12.6. The second-order valence-electron chi connectivity index (χ2n) is 5.37. The lowest BCUT2D eigenvalue weighted by Gasteiger charge is -2.16. The molecular formula is C15H24N4O. The number of carbonyl (C=O) groups is 1. The number of rotatable bonds is 7. The third-order valence-corrected chi connectivity index (χ3v) is 3.57. The molecule has 0 unspecified atom stereocenters. The summed E-state index contributed by atoms with van der Waals surface area (Å²) in [4.78, 5) is 18.7. The van der Waals surface area contributed by atoms with E-state index >= 15 is 0 Å². The first-order valence-corrected chi connectivity index (χ1v) is 7.30. The molecule has 0 bridgehead atoms. The van der Waals surface area contributed by atoms with E-state index in [-0.39, 0.29) is 5.91 Å². The van der Waals surface area contributed by atoms with E-state index in [2.05, 4.69) is 27.6 Å². The lowest BCUT2D eigenvalue weighted by atomic mass is 10.2. The van der Waals surface area contributed by atoms with Gasteiger partial charge >= 0.3 is 0 Å². The molecule has 2 rings (SSSR count). The van der Waals surface area contributed by atoms with E-state index in [0.29, 0.717) is 12.1 Å². The highest BCUT2D eigenvalue weighted by Crippen LogP contribution is 2.24. The standard InChI is InChI=1S/C15H24N4O/c1-4-16-14-9-11(2)18-10-13(14)15(20)17-7-8-19(3)12-5-6-12/h9-10,12H,4-8H2,1-3H3,(H,16,18)(H,17,20). The molecule has 1 aliphatic carbocycles. The number of aromatic nitrogens is 1.